The minimum Gasteiger partial charge on any atom is -0.378 e. The Bertz CT molecular complexity index is 527. The normalized spacial score (nSPS) is 10.4. The fourth-order valence-electron chi connectivity index (χ4n) is 1.83. The van der Waals surface area contributed by atoms with Crippen LogP contribution in [-0.4, -0.2) is 4.98 Å². The molecule has 4 heteroatoms. The highest BCUT2D eigenvalue weighted by Gasteiger charge is 2.05. The zero-order chi connectivity index (χ0) is 13.1. The molecule has 0 saturated carbocycles. The summed E-state index contributed by atoms with van der Waals surface area (Å²) in [5.74, 6) is 0. The van der Waals surface area contributed by atoms with Crippen molar-refractivity contribution >= 4 is 37.5 Å². The van der Waals surface area contributed by atoms with Gasteiger partial charge in [0, 0.05) is 15.1 Å². The molecule has 2 rings (SSSR count). The molecule has 0 atom stereocenters. The number of anilines is 1. The van der Waals surface area contributed by atoms with E-state index in [1.807, 2.05) is 18.3 Å². The first-order valence-corrected chi connectivity index (χ1v) is 7.26. The lowest BCUT2D eigenvalue weighted by atomic mass is 10.1. The van der Waals surface area contributed by atoms with Gasteiger partial charge in [-0.15, -0.1) is 0 Å². The number of nitrogens with zero attached hydrogens (tertiary/aromatic N) is 1. The van der Waals surface area contributed by atoms with E-state index >= 15 is 0 Å². The predicted octanol–water partition coefficient (Wildman–Crippen LogP) is 4.84. The molecule has 2 nitrogen and oxygen atoms in total. The molecule has 0 aliphatic heterocycles. The topological polar surface area (TPSA) is 24.9 Å². The molecule has 2 aromatic rings. The molecule has 0 bridgehead atoms. The Morgan fingerprint density at radius 2 is 1.94 bits per heavy atom. The summed E-state index contributed by atoms with van der Waals surface area (Å²) in [6.45, 7) is 4.92. The first kappa shape index (κ1) is 13.6. The monoisotopic (exact) mass is 368 g/mol. The van der Waals surface area contributed by atoms with Crippen LogP contribution >= 0.6 is 31.9 Å². The molecule has 0 aliphatic carbocycles. The molecule has 0 spiro atoms. The lowest BCUT2D eigenvalue weighted by molar-refractivity contribution is 1.04. The SMILES string of the molecule is Cc1cc(C)c(NCc2ccc(Br)cn2)c(Br)c1. The highest BCUT2D eigenvalue weighted by molar-refractivity contribution is 9.10. The van der Waals surface area contributed by atoms with Crippen LogP contribution in [0, 0.1) is 13.8 Å². The number of aryl methyl sites for hydroxylation is 2. The van der Waals surface area contributed by atoms with Crippen molar-refractivity contribution in [2.45, 2.75) is 20.4 Å². The molecule has 0 amide bonds. The van der Waals surface area contributed by atoms with Crippen LogP contribution in [0.25, 0.3) is 0 Å². The van der Waals surface area contributed by atoms with Crippen molar-refractivity contribution in [1.29, 1.82) is 0 Å². The van der Waals surface area contributed by atoms with Crippen molar-refractivity contribution in [2.75, 3.05) is 5.32 Å². The van der Waals surface area contributed by atoms with Gasteiger partial charge in [-0.25, -0.2) is 0 Å². The van der Waals surface area contributed by atoms with Crippen LogP contribution in [0.4, 0.5) is 5.69 Å². The number of rotatable bonds is 3. The van der Waals surface area contributed by atoms with Crippen LogP contribution < -0.4 is 5.32 Å². The van der Waals surface area contributed by atoms with E-state index in [9.17, 15) is 0 Å². The van der Waals surface area contributed by atoms with Crippen LogP contribution in [0.15, 0.2) is 39.4 Å². The third-order valence-corrected chi connectivity index (χ3v) is 3.76. The maximum absolute atomic E-state index is 4.35. The van der Waals surface area contributed by atoms with E-state index in [0.29, 0.717) is 0 Å². The Morgan fingerprint density at radius 1 is 1.17 bits per heavy atom. The number of hydrogen-bond donors (Lipinski definition) is 1. The molecule has 1 heterocycles. The quantitative estimate of drug-likeness (QED) is 0.837. The van der Waals surface area contributed by atoms with Gasteiger partial charge in [-0.05, 0) is 75.0 Å². The molecule has 0 fully saturated rings. The van der Waals surface area contributed by atoms with Gasteiger partial charge in [-0.3, -0.25) is 4.98 Å². The van der Waals surface area contributed by atoms with Crippen molar-refractivity contribution < 1.29 is 0 Å². The highest BCUT2D eigenvalue weighted by atomic mass is 79.9. The van der Waals surface area contributed by atoms with Gasteiger partial charge >= 0.3 is 0 Å². The molecular weight excluding hydrogens is 356 g/mol. The Hall–Kier alpha value is -0.870. The zero-order valence-corrected chi connectivity index (χ0v) is 13.5. The van der Waals surface area contributed by atoms with Crippen LogP contribution in [0.3, 0.4) is 0 Å². The number of halogens is 2. The van der Waals surface area contributed by atoms with E-state index in [2.05, 4.69) is 68.1 Å². The predicted molar refractivity (Wildman–Crippen MR) is 82.9 cm³/mol. The molecule has 0 saturated heterocycles. The summed E-state index contributed by atoms with van der Waals surface area (Å²) in [6.07, 6.45) is 1.81. The molecule has 1 N–H and O–H groups in total. The van der Waals surface area contributed by atoms with Crippen molar-refractivity contribution in [3.05, 3.63) is 56.2 Å². The zero-order valence-electron chi connectivity index (χ0n) is 10.3. The molecule has 1 aromatic carbocycles. The first-order valence-electron chi connectivity index (χ1n) is 5.67. The molecule has 0 radical (unpaired) electrons. The van der Waals surface area contributed by atoms with Gasteiger partial charge in [0.2, 0.25) is 0 Å². The number of hydrogen-bond acceptors (Lipinski definition) is 2. The highest BCUT2D eigenvalue weighted by Crippen LogP contribution is 2.28. The molecular formula is C14H14Br2N2. The van der Waals surface area contributed by atoms with Crippen molar-refractivity contribution in [3.8, 4) is 0 Å². The Morgan fingerprint density at radius 3 is 2.56 bits per heavy atom. The second kappa shape index (κ2) is 5.85. The third kappa shape index (κ3) is 3.33. The number of pyridine rings is 1. The minimum absolute atomic E-state index is 0.718. The fraction of sp³-hybridized carbons (Fsp3) is 0.214. The van der Waals surface area contributed by atoms with Crippen LogP contribution in [-0.2, 0) is 6.54 Å². The van der Waals surface area contributed by atoms with E-state index in [-0.39, 0.29) is 0 Å². The third-order valence-electron chi connectivity index (χ3n) is 2.67. The van der Waals surface area contributed by atoms with Crippen LogP contribution in [0.5, 0.6) is 0 Å². The summed E-state index contributed by atoms with van der Waals surface area (Å²) in [4.78, 5) is 4.35. The largest absolute Gasteiger partial charge is 0.378 e. The second-order valence-electron chi connectivity index (χ2n) is 4.26. The molecule has 0 aliphatic rings. The lowest BCUT2D eigenvalue weighted by Gasteiger charge is -2.12. The van der Waals surface area contributed by atoms with Gasteiger partial charge in [-0.2, -0.15) is 0 Å². The average Bonchev–Trinajstić information content (AvgIpc) is 2.30. The summed E-state index contributed by atoms with van der Waals surface area (Å²) >= 11 is 6.97. The molecule has 1 aromatic heterocycles. The lowest BCUT2D eigenvalue weighted by Crippen LogP contribution is -2.03. The van der Waals surface area contributed by atoms with Gasteiger partial charge in [0.05, 0.1) is 17.9 Å². The molecule has 94 valence electrons. The maximum Gasteiger partial charge on any atom is 0.0595 e. The molecule has 0 unspecified atom stereocenters. The summed E-state index contributed by atoms with van der Waals surface area (Å²) in [5, 5.41) is 3.42. The van der Waals surface area contributed by atoms with Crippen LogP contribution in [0.1, 0.15) is 16.8 Å². The van der Waals surface area contributed by atoms with E-state index in [0.717, 1.165) is 26.9 Å². The Kier molecular flexibility index (Phi) is 4.40. The standard InChI is InChI=1S/C14H14Br2N2/c1-9-5-10(2)14(13(16)6-9)18-8-12-4-3-11(15)7-17-12/h3-7,18H,8H2,1-2H3. The van der Waals surface area contributed by atoms with Gasteiger partial charge in [0.1, 0.15) is 0 Å². The van der Waals surface area contributed by atoms with E-state index in [1.165, 1.54) is 11.1 Å². The van der Waals surface area contributed by atoms with Crippen molar-refractivity contribution in [2.24, 2.45) is 0 Å². The summed E-state index contributed by atoms with van der Waals surface area (Å²) in [6, 6.07) is 8.29. The fourth-order valence-corrected chi connectivity index (χ4v) is 2.88. The number of nitrogens with one attached hydrogen (secondary N) is 1. The number of benzene rings is 1. The summed E-state index contributed by atoms with van der Waals surface area (Å²) < 4.78 is 2.09. The van der Waals surface area contributed by atoms with Crippen LogP contribution in [0.2, 0.25) is 0 Å². The summed E-state index contributed by atoms with van der Waals surface area (Å²) in [5.41, 5.74) is 4.64. The van der Waals surface area contributed by atoms with Gasteiger partial charge < -0.3 is 5.32 Å². The average molecular weight is 370 g/mol. The Labute approximate surface area is 124 Å². The van der Waals surface area contributed by atoms with E-state index < -0.39 is 0 Å². The van der Waals surface area contributed by atoms with Gasteiger partial charge in [0.25, 0.3) is 0 Å². The van der Waals surface area contributed by atoms with Crippen molar-refractivity contribution in [3.63, 3.8) is 0 Å². The first-order chi connectivity index (χ1) is 8.56. The van der Waals surface area contributed by atoms with E-state index in [4.69, 9.17) is 0 Å². The maximum atomic E-state index is 4.35. The minimum atomic E-state index is 0.718. The Balaban J connectivity index is 2.13. The molecule has 18 heavy (non-hydrogen) atoms. The summed E-state index contributed by atoms with van der Waals surface area (Å²) in [7, 11) is 0. The smallest absolute Gasteiger partial charge is 0.0595 e. The number of aromatic nitrogens is 1. The van der Waals surface area contributed by atoms with Gasteiger partial charge in [-0.1, -0.05) is 6.07 Å². The van der Waals surface area contributed by atoms with Crippen molar-refractivity contribution in [1.82, 2.24) is 4.98 Å². The van der Waals surface area contributed by atoms with E-state index in [1.54, 1.807) is 0 Å². The second-order valence-corrected chi connectivity index (χ2v) is 6.03. The van der Waals surface area contributed by atoms with Gasteiger partial charge in [0.15, 0.2) is 0 Å².